The summed E-state index contributed by atoms with van der Waals surface area (Å²) in [5.74, 6) is 0.929. The Hall–Kier alpha value is -1.10. The first-order valence-corrected chi connectivity index (χ1v) is 8.42. The van der Waals surface area contributed by atoms with Gasteiger partial charge in [-0.25, -0.2) is 9.98 Å². The molecule has 20 heavy (non-hydrogen) atoms. The molecule has 4 nitrogen and oxygen atoms in total. The second-order valence-electron chi connectivity index (χ2n) is 5.60. The largest absolute Gasteiger partial charge is 0.357 e. The van der Waals surface area contributed by atoms with Crippen LogP contribution in [0.1, 0.15) is 49.4 Å². The molecule has 0 radical (unpaired) electrons. The van der Waals surface area contributed by atoms with Crippen molar-refractivity contribution in [3.05, 3.63) is 16.1 Å². The summed E-state index contributed by atoms with van der Waals surface area (Å²) < 4.78 is 0. The fraction of sp³-hybridized carbons (Fsp3) is 0.733. The van der Waals surface area contributed by atoms with Gasteiger partial charge in [0.25, 0.3) is 0 Å². The van der Waals surface area contributed by atoms with E-state index in [1.807, 2.05) is 13.1 Å². The molecular formula is C15H26N4S. The molecule has 2 N–H and O–H groups in total. The van der Waals surface area contributed by atoms with E-state index in [2.05, 4.69) is 34.5 Å². The van der Waals surface area contributed by atoms with Gasteiger partial charge < -0.3 is 10.6 Å². The van der Waals surface area contributed by atoms with Crippen molar-refractivity contribution in [2.24, 2.45) is 10.4 Å². The van der Waals surface area contributed by atoms with Crippen LogP contribution in [0.4, 0.5) is 0 Å². The third-order valence-electron chi connectivity index (χ3n) is 4.20. The van der Waals surface area contributed by atoms with E-state index in [-0.39, 0.29) is 0 Å². The summed E-state index contributed by atoms with van der Waals surface area (Å²) in [6.45, 7) is 9.07. The number of thiazole rings is 1. The molecule has 5 heteroatoms. The molecule has 1 heterocycles. The maximum absolute atomic E-state index is 4.66. The van der Waals surface area contributed by atoms with E-state index in [0.717, 1.165) is 24.1 Å². The van der Waals surface area contributed by atoms with E-state index in [1.165, 1.54) is 30.6 Å². The number of hydrogen-bond acceptors (Lipinski definition) is 3. The van der Waals surface area contributed by atoms with Gasteiger partial charge in [0.1, 0.15) is 0 Å². The summed E-state index contributed by atoms with van der Waals surface area (Å²) in [5.41, 5.74) is 0.511. The van der Waals surface area contributed by atoms with Crippen molar-refractivity contribution in [1.82, 2.24) is 15.6 Å². The quantitative estimate of drug-likeness (QED) is 0.626. The molecule has 0 saturated heterocycles. The van der Waals surface area contributed by atoms with Crippen molar-refractivity contribution in [3.63, 3.8) is 0 Å². The van der Waals surface area contributed by atoms with Gasteiger partial charge in [-0.05, 0) is 38.5 Å². The van der Waals surface area contributed by atoms with Crippen molar-refractivity contribution in [2.45, 2.75) is 53.0 Å². The van der Waals surface area contributed by atoms with Gasteiger partial charge in [0.05, 0.1) is 11.6 Å². The number of aliphatic imine (C=N–C) groups is 1. The highest BCUT2D eigenvalue weighted by Gasteiger charge is 2.34. The Balaban J connectivity index is 1.88. The van der Waals surface area contributed by atoms with Gasteiger partial charge in [-0.15, -0.1) is 11.3 Å². The number of guanidine groups is 1. The number of nitrogens with one attached hydrogen (secondary N) is 2. The lowest BCUT2D eigenvalue weighted by molar-refractivity contribution is 0.131. The van der Waals surface area contributed by atoms with Gasteiger partial charge in [0.15, 0.2) is 5.96 Å². The van der Waals surface area contributed by atoms with Gasteiger partial charge >= 0.3 is 0 Å². The molecule has 2 rings (SSSR count). The summed E-state index contributed by atoms with van der Waals surface area (Å²) in [4.78, 5) is 10.1. The first kappa shape index (κ1) is 15.3. The predicted molar refractivity (Wildman–Crippen MR) is 86.2 cm³/mol. The number of nitrogens with zero attached hydrogens (tertiary/aromatic N) is 2. The molecular weight excluding hydrogens is 268 g/mol. The van der Waals surface area contributed by atoms with E-state index >= 15 is 0 Å². The molecule has 0 unspecified atom stereocenters. The van der Waals surface area contributed by atoms with Crippen molar-refractivity contribution in [2.75, 3.05) is 13.1 Å². The lowest BCUT2D eigenvalue weighted by Crippen LogP contribution is -2.46. The van der Waals surface area contributed by atoms with Crippen LogP contribution in [0.3, 0.4) is 0 Å². The summed E-state index contributed by atoms with van der Waals surface area (Å²) in [6, 6.07) is 0. The number of rotatable bonds is 6. The zero-order chi connectivity index (χ0) is 14.4. The number of hydrogen-bond donors (Lipinski definition) is 2. The van der Waals surface area contributed by atoms with Crippen LogP contribution in [-0.2, 0) is 6.54 Å². The molecule has 0 bridgehead atoms. The average Bonchev–Trinajstić information content (AvgIpc) is 2.81. The normalized spacial score (nSPS) is 17.6. The van der Waals surface area contributed by atoms with Crippen molar-refractivity contribution >= 4 is 17.3 Å². The van der Waals surface area contributed by atoms with Crippen LogP contribution in [0.15, 0.2) is 11.2 Å². The minimum absolute atomic E-state index is 0.511. The molecule has 1 saturated carbocycles. The Morgan fingerprint density at radius 1 is 1.40 bits per heavy atom. The molecule has 1 aliphatic carbocycles. The van der Waals surface area contributed by atoms with Crippen LogP contribution in [-0.4, -0.2) is 24.0 Å². The molecule has 0 atom stereocenters. The van der Waals surface area contributed by atoms with Crippen LogP contribution in [0.2, 0.25) is 0 Å². The highest BCUT2D eigenvalue weighted by molar-refractivity contribution is 7.11. The number of aromatic nitrogens is 1. The predicted octanol–water partition coefficient (Wildman–Crippen LogP) is 3.09. The van der Waals surface area contributed by atoms with Gasteiger partial charge in [0.2, 0.25) is 0 Å². The highest BCUT2D eigenvalue weighted by atomic mass is 32.1. The van der Waals surface area contributed by atoms with Crippen LogP contribution >= 0.6 is 11.3 Å². The Morgan fingerprint density at radius 2 is 2.20 bits per heavy atom. The molecule has 112 valence electrons. The first-order valence-electron chi connectivity index (χ1n) is 7.61. The second-order valence-corrected chi connectivity index (χ2v) is 6.92. The molecule has 0 amide bonds. The highest BCUT2D eigenvalue weighted by Crippen LogP contribution is 2.42. The van der Waals surface area contributed by atoms with Gasteiger partial charge in [-0.3, -0.25) is 0 Å². The van der Waals surface area contributed by atoms with E-state index in [9.17, 15) is 0 Å². The molecule has 1 aromatic rings. The summed E-state index contributed by atoms with van der Waals surface area (Å²) in [5, 5.41) is 7.95. The molecule has 0 spiro atoms. The van der Waals surface area contributed by atoms with Gasteiger partial charge in [0, 0.05) is 24.2 Å². The summed E-state index contributed by atoms with van der Waals surface area (Å²) in [7, 11) is 0. The summed E-state index contributed by atoms with van der Waals surface area (Å²) >= 11 is 1.72. The fourth-order valence-corrected chi connectivity index (χ4v) is 3.30. The van der Waals surface area contributed by atoms with E-state index in [0.29, 0.717) is 12.0 Å². The van der Waals surface area contributed by atoms with Crippen molar-refractivity contribution in [3.8, 4) is 0 Å². The third kappa shape index (κ3) is 3.95. The second kappa shape index (κ2) is 7.07. The Bertz CT molecular complexity index is 443. The van der Waals surface area contributed by atoms with Gasteiger partial charge in [-0.1, -0.05) is 13.3 Å². The van der Waals surface area contributed by atoms with Crippen LogP contribution in [0.5, 0.6) is 0 Å². The van der Waals surface area contributed by atoms with Crippen molar-refractivity contribution in [1.29, 1.82) is 0 Å². The molecule has 1 aliphatic rings. The van der Waals surface area contributed by atoms with E-state index in [1.54, 1.807) is 11.3 Å². The molecule has 1 aromatic heterocycles. The Morgan fingerprint density at radius 3 is 2.70 bits per heavy atom. The zero-order valence-corrected chi connectivity index (χ0v) is 13.6. The average molecular weight is 294 g/mol. The number of aryl methyl sites for hydroxylation is 1. The molecule has 0 aliphatic heterocycles. The standard InChI is InChI=1S/C15H26N4S/c1-4-15(7-6-8-15)11-19-14(16-5-2)18-10-13-9-17-12(3)20-13/h9H,4-8,10-11H2,1-3H3,(H2,16,18,19). The molecule has 1 fully saturated rings. The first-order chi connectivity index (χ1) is 9.67. The lowest BCUT2D eigenvalue weighted by Gasteiger charge is -2.41. The van der Waals surface area contributed by atoms with Crippen molar-refractivity contribution < 1.29 is 0 Å². The minimum atomic E-state index is 0.511. The molecule has 0 aromatic carbocycles. The lowest BCUT2D eigenvalue weighted by atomic mass is 9.67. The van der Waals surface area contributed by atoms with E-state index in [4.69, 9.17) is 0 Å². The van der Waals surface area contributed by atoms with Crippen LogP contribution in [0.25, 0.3) is 0 Å². The topological polar surface area (TPSA) is 49.3 Å². The summed E-state index contributed by atoms with van der Waals surface area (Å²) in [6.07, 6.45) is 7.26. The third-order valence-corrected chi connectivity index (χ3v) is 5.10. The van der Waals surface area contributed by atoms with Gasteiger partial charge in [-0.2, -0.15) is 0 Å². The zero-order valence-electron chi connectivity index (χ0n) is 12.8. The minimum Gasteiger partial charge on any atom is -0.357 e. The maximum Gasteiger partial charge on any atom is 0.191 e. The fourth-order valence-electron chi connectivity index (χ4n) is 2.58. The Labute approximate surface area is 126 Å². The van der Waals surface area contributed by atoms with Crippen LogP contribution < -0.4 is 10.6 Å². The smallest absolute Gasteiger partial charge is 0.191 e. The SMILES string of the molecule is CCNC(=NCc1cnc(C)s1)NCC1(CC)CCC1. The monoisotopic (exact) mass is 294 g/mol. The van der Waals surface area contributed by atoms with E-state index < -0.39 is 0 Å². The maximum atomic E-state index is 4.66. The van der Waals surface area contributed by atoms with Crippen LogP contribution in [0, 0.1) is 12.3 Å². The Kier molecular flexibility index (Phi) is 5.40.